The maximum absolute atomic E-state index is 13.3. The summed E-state index contributed by atoms with van der Waals surface area (Å²) in [6, 6.07) is 16.9. The average molecular weight is 493 g/mol. The molecule has 1 heterocycles. The van der Waals surface area contributed by atoms with E-state index in [0.29, 0.717) is 36.7 Å². The van der Waals surface area contributed by atoms with Crippen LogP contribution in [0, 0.1) is 0 Å². The molecular formula is C28H36N4O4. The molecular weight excluding hydrogens is 456 g/mol. The summed E-state index contributed by atoms with van der Waals surface area (Å²) >= 11 is 0. The van der Waals surface area contributed by atoms with Gasteiger partial charge in [0, 0.05) is 25.6 Å². The molecule has 1 aromatic heterocycles. The van der Waals surface area contributed by atoms with Crippen LogP contribution in [0.25, 0.3) is 10.9 Å². The summed E-state index contributed by atoms with van der Waals surface area (Å²) in [5, 5.41) is 6.19. The maximum atomic E-state index is 13.3. The van der Waals surface area contributed by atoms with Crippen LogP contribution in [0.1, 0.15) is 51.5 Å². The van der Waals surface area contributed by atoms with Crippen molar-refractivity contribution >= 4 is 22.7 Å². The lowest BCUT2D eigenvalue weighted by molar-refractivity contribution is -0.122. The van der Waals surface area contributed by atoms with Gasteiger partial charge in [-0.3, -0.25) is 23.5 Å². The smallest absolute Gasteiger partial charge is 0.331 e. The van der Waals surface area contributed by atoms with E-state index in [2.05, 4.69) is 22.8 Å². The van der Waals surface area contributed by atoms with Crippen molar-refractivity contribution in [3.63, 3.8) is 0 Å². The Kier molecular flexibility index (Phi) is 10.0. The zero-order chi connectivity index (χ0) is 25.9. The molecule has 0 radical (unpaired) electrons. The van der Waals surface area contributed by atoms with Crippen molar-refractivity contribution in [3.05, 3.63) is 81.0 Å². The number of nitrogens with one attached hydrogen (secondary N) is 2. The van der Waals surface area contributed by atoms with E-state index in [0.717, 1.165) is 19.3 Å². The Morgan fingerprint density at radius 2 is 1.64 bits per heavy atom. The van der Waals surface area contributed by atoms with Crippen LogP contribution < -0.4 is 21.9 Å². The highest BCUT2D eigenvalue weighted by atomic mass is 16.2. The predicted octanol–water partition coefficient (Wildman–Crippen LogP) is 3.00. The van der Waals surface area contributed by atoms with Crippen LogP contribution in [0.5, 0.6) is 0 Å². The van der Waals surface area contributed by atoms with E-state index < -0.39 is 5.69 Å². The molecule has 0 aliphatic rings. The molecule has 36 heavy (non-hydrogen) atoms. The Balaban J connectivity index is 1.69. The zero-order valence-electron chi connectivity index (χ0n) is 21.2. The lowest BCUT2D eigenvalue weighted by atomic mass is 10.1. The first-order chi connectivity index (χ1) is 17.4. The number of para-hydroxylation sites is 1. The number of carbonyl (C=O) groups excluding carboxylic acids is 2. The summed E-state index contributed by atoms with van der Waals surface area (Å²) in [7, 11) is 0. The number of amides is 2. The molecule has 1 atom stereocenters. The number of aromatic nitrogens is 2. The molecule has 2 amide bonds. The number of benzene rings is 2. The highest BCUT2D eigenvalue weighted by Crippen LogP contribution is 2.09. The molecule has 0 fully saturated rings. The molecule has 0 spiro atoms. The van der Waals surface area contributed by atoms with Gasteiger partial charge in [-0.15, -0.1) is 0 Å². The van der Waals surface area contributed by atoms with Gasteiger partial charge in [0.05, 0.1) is 10.9 Å². The standard InChI is InChI=1S/C28H36N4O4/c1-3-18-29-25(33)15-9-10-19-31-27(35)23-13-7-8-14-24(23)32(28(31)36)20-26(34)30-21(2)16-17-22-11-5-4-6-12-22/h4-8,11-14,21H,3,9-10,15-20H2,1-2H3,(H,29,33)(H,30,34)/t21-/m1/s1. The Hall–Kier alpha value is -3.68. The third-order valence-corrected chi connectivity index (χ3v) is 6.16. The van der Waals surface area contributed by atoms with Gasteiger partial charge in [0.1, 0.15) is 6.54 Å². The number of fused-ring (bicyclic) bond motifs is 1. The Morgan fingerprint density at radius 1 is 0.917 bits per heavy atom. The summed E-state index contributed by atoms with van der Waals surface area (Å²) < 4.78 is 2.54. The topological polar surface area (TPSA) is 102 Å². The third kappa shape index (κ3) is 7.41. The van der Waals surface area contributed by atoms with Crippen molar-refractivity contribution in [3.8, 4) is 0 Å². The zero-order valence-corrected chi connectivity index (χ0v) is 21.2. The summed E-state index contributed by atoms with van der Waals surface area (Å²) in [6.45, 7) is 4.59. The molecule has 8 heteroatoms. The van der Waals surface area contributed by atoms with Crippen molar-refractivity contribution in [1.29, 1.82) is 0 Å². The molecule has 0 aliphatic heterocycles. The maximum Gasteiger partial charge on any atom is 0.331 e. The van der Waals surface area contributed by atoms with Crippen LogP contribution in [-0.4, -0.2) is 33.5 Å². The second-order valence-electron chi connectivity index (χ2n) is 9.14. The van der Waals surface area contributed by atoms with Crippen molar-refractivity contribution in [1.82, 2.24) is 19.8 Å². The van der Waals surface area contributed by atoms with Gasteiger partial charge in [-0.2, -0.15) is 0 Å². The molecule has 0 saturated heterocycles. The molecule has 2 aromatic carbocycles. The molecule has 0 saturated carbocycles. The van der Waals surface area contributed by atoms with Gasteiger partial charge in [-0.1, -0.05) is 49.4 Å². The second kappa shape index (κ2) is 13.4. The van der Waals surface area contributed by atoms with Crippen LogP contribution in [-0.2, 0) is 29.1 Å². The molecule has 3 aromatic rings. The van der Waals surface area contributed by atoms with Crippen LogP contribution >= 0.6 is 0 Å². The van der Waals surface area contributed by atoms with E-state index in [9.17, 15) is 19.2 Å². The van der Waals surface area contributed by atoms with E-state index in [4.69, 9.17) is 0 Å². The van der Waals surface area contributed by atoms with Crippen LogP contribution in [0.3, 0.4) is 0 Å². The Bertz CT molecular complexity index is 1280. The van der Waals surface area contributed by atoms with Crippen LogP contribution in [0.4, 0.5) is 0 Å². The van der Waals surface area contributed by atoms with E-state index in [-0.39, 0.29) is 36.5 Å². The highest BCUT2D eigenvalue weighted by Gasteiger charge is 2.16. The molecule has 0 aliphatic carbocycles. The minimum absolute atomic E-state index is 0.0295. The fourth-order valence-corrected chi connectivity index (χ4v) is 4.19. The number of aryl methyl sites for hydroxylation is 1. The van der Waals surface area contributed by atoms with Gasteiger partial charge in [0.15, 0.2) is 0 Å². The van der Waals surface area contributed by atoms with Crippen LogP contribution in [0.2, 0.25) is 0 Å². The number of hydrogen-bond donors (Lipinski definition) is 2. The summed E-state index contributed by atoms with van der Waals surface area (Å²) in [6.07, 6.45) is 3.91. The predicted molar refractivity (Wildman–Crippen MR) is 142 cm³/mol. The van der Waals surface area contributed by atoms with E-state index >= 15 is 0 Å². The minimum Gasteiger partial charge on any atom is -0.356 e. The molecule has 2 N–H and O–H groups in total. The molecule has 0 bridgehead atoms. The first-order valence-electron chi connectivity index (χ1n) is 12.7. The Labute approximate surface area is 211 Å². The number of unbranched alkanes of at least 4 members (excludes halogenated alkanes) is 1. The second-order valence-corrected chi connectivity index (χ2v) is 9.14. The minimum atomic E-state index is -0.513. The van der Waals surface area contributed by atoms with E-state index in [1.54, 1.807) is 24.3 Å². The van der Waals surface area contributed by atoms with Gasteiger partial charge in [-0.25, -0.2) is 4.79 Å². The number of carbonyl (C=O) groups is 2. The number of hydrogen-bond acceptors (Lipinski definition) is 4. The lowest BCUT2D eigenvalue weighted by Gasteiger charge is -2.17. The van der Waals surface area contributed by atoms with Gasteiger partial charge >= 0.3 is 5.69 Å². The summed E-state index contributed by atoms with van der Waals surface area (Å²) in [4.78, 5) is 51.0. The molecule has 192 valence electrons. The summed E-state index contributed by atoms with van der Waals surface area (Å²) in [5.74, 6) is -0.307. The van der Waals surface area contributed by atoms with Gasteiger partial charge < -0.3 is 10.6 Å². The highest BCUT2D eigenvalue weighted by molar-refractivity contribution is 5.81. The van der Waals surface area contributed by atoms with E-state index in [1.807, 2.05) is 32.0 Å². The average Bonchev–Trinajstić information content (AvgIpc) is 2.88. The first kappa shape index (κ1) is 26.9. The monoisotopic (exact) mass is 492 g/mol. The van der Waals surface area contributed by atoms with Crippen molar-refractivity contribution in [2.75, 3.05) is 6.54 Å². The van der Waals surface area contributed by atoms with Crippen molar-refractivity contribution in [2.45, 2.75) is 71.5 Å². The van der Waals surface area contributed by atoms with Crippen molar-refractivity contribution in [2.24, 2.45) is 0 Å². The van der Waals surface area contributed by atoms with Crippen molar-refractivity contribution < 1.29 is 9.59 Å². The van der Waals surface area contributed by atoms with E-state index in [1.165, 1.54) is 14.7 Å². The third-order valence-electron chi connectivity index (χ3n) is 6.16. The van der Waals surface area contributed by atoms with Gasteiger partial charge in [0.2, 0.25) is 11.8 Å². The summed E-state index contributed by atoms with van der Waals surface area (Å²) in [5.41, 5.74) is 0.755. The number of nitrogens with zero attached hydrogens (tertiary/aromatic N) is 2. The molecule has 3 rings (SSSR count). The van der Waals surface area contributed by atoms with Gasteiger partial charge in [-0.05, 0) is 56.7 Å². The van der Waals surface area contributed by atoms with Crippen LogP contribution in [0.15, 0.2) is 64.2 Å². The quantitative estimate of drug-likeness (QED) is 0.358. The largest absolute Gasteiger partial charge is 0.356 e. The molecule has 8 nitrogen and oxygen atoms in total. The fourth-order valence-electron chi connectivity index (χ4n) is 4.19. The first-order valence-corrected chi connectivity index (χ1v) is 12.7. The Morgan fingerprint density at radius 3 is 2.39 bits per heavy atom. The molecule has 0 unspecified atom stereocenters. The SMILES string of the molecule is CCCNC(=O)CCCCn1c(=O)c2ccccc2n(CC(=O)N[C@H](C)CCc2ccccc2)c1=O. The normalized spacial score (nSPS) is 11.8. The number of rotatable bonds is 13. The lowest BCUT2D eigenvalue weighted by Crippen LogP contribution is -2.44. The fraction of sp³-hybridized carbons (Fsp3) is 0.429. The van der Waals surface area contributed by atoms with Gasteiger partial charge in [0.25, 0.3) is 5.56 Å².